The van der Waals surface area contributed by atoms with Crippen LogP contribution in [-0.4, -0.2) is 41.8 Å². The van der Waals surface area contributed by atoms with E-state index in [0.29, 0.717) is 5.92 Å². The van der Waals surface area contributed by atoms with Gasteiger partial charge >= 0.3 is 30.1 Å². The zero-order chi connectivity index (χ0) is 28.7. The molecule has 0 aromatic rings. The second-order valence-corrected chi connectivity index (χ2v) is 12.8. The summed E-state index contributed by atoms with van der Waals surface area (Å²) in [7, 11) is 0. The molecule has 0 radical (unpaired) electrons. The van der Waals surface area contributed by atoms with E-state index in [1.54, 1.807) is 6.92 Å². The molecule has 10 heteroatoms. The summed E-state index contributed by atoms with van der Waals surface area (Å²) in [4.78, 5) is 51.8. The molecule has 4 rings (SSSR count). The molecule has 1 heterocycles. The normalized spacial score (nSPS) is 28.5. The van der Waals surface area contributed by atoms with Crippen LogP contribution in [0.4, 0.5) is 13.2 Å². The van der Waals surface area contributed by atoms with Gasteiger partial charge in [0.25, 0.3) is 0 Å². The monoisotopic (exact) mass is 687 g/mol. The van der Waals surface area contributed by atoms with Gasteiger partial charge in [0.1, 0.15) is 5.60 Å². The van der Waals surface area contributed by atoms with Crippen LogP contribution >= 0.6 is 0 Å². The Labute approximate surface area is 286 Å². The number of carbonyl (C=O) groups is 4. The molecule has 0 amide bonds. The molecule has 4 fully saturated rings. The van der Waals surface area contributed by atoms with Crippen molar-refractivity contribution in [3.63, 3.8) is 0 Å². The quantitative estimate of drug-likeness (QED) is 0.135. The molecule has 1 aliphatic heterocycles. The molecule has 2 bridgehead atoms. The summed E-state index contributed by atoms with van der Waals surface area (Å²) in [5, 5.41) is 0. The van der Waals surface area contributed by atoms with Crippen molar-refractivity contribution in [3.05, 3.63) is 0 Å². The molecule has 3 saturated carbocycles. The van der Waals surface area contributed by atoms with Crippen molar-refractivity contribution in [2.75, 3.05) is 0 Å². The molecule has 4 aliphatic rings. The number of hydrogen-bond acceptors (Lipinski definition) is 7. The van der Waals surface area contributed by atoms with E-state index in [1.807, 2.05) is 6.92 Å². The summed E-state index contributed by atoms with van der Waals surface area (Å²) in [6.07, 6.45) is -0.0988. The minimum Gasteiger partial charge on any atom is -0.459 e. The highest BCUT2D eigenvalue weighted by Crippen LogP contribution is 2.57. The Morgan fingerprint density at radius 2 is 1.40 bits per heavy atom. The van der Waals surface area contributed by atoms with Gasteiger partial charge in [-0.15, -0.1) is 0 Å². The standard InChI is InChI=1S/C29H41F3O7.8CH4/c1-15(24(33)39-28(4)10-6-5-7-11-28)12-20(25(34)37-17(3)29(30,31)32)14-21-23(27(36)38-26(21)35)22-16(2)18-8-9-19(22)13-18;;;;;;;;/h15-23H,5-14H2,1-4H3;8*1H4. The Balaban J connectivity index is -0.000000735. The Bertz CT molecular complexity index is 958. The topological polar surface area (TPSA) is 96.0 Å². The summed E-state index contributed by atoms with van der Waals surface area (Å²) in [6, 6.07) is 0. The van der Waals surface area contributed by atoms with E-state index in [4.69, 9.17) is 14.2 Å². The van der Waals surface area contributed by atoms with E-state index in [2.05, 4.69) is 6.92 Å². The fourth-order valence-corrected chi connectivity index (χ4v) is 7.67. The number of carbonyl (C=O) groups excluding carboxylic acids is 4. The van der Waals surface area contributed by atoms with Crippen LogP contribution < -0.4 is 0 Å². The maximum absolute atomic E-state index is 13.2. The van der Waals surface area contributed by atoms with Crippen LogP contribution in [0.5, 0.6) is 0 Å². The summed E-state index contributed by atoms with van der Waals surface area (Å²) in [5.41, 5.74) is -0.616. The van der Waals surface area contributed by atoms with Crippen LogP contribution in [0.25, 0.3) is 0 Å². The largest absolute Gasteiger partial charge is 0.459 e. The maximum Gasteiger partial charge on any atom is 0.425 e. The zero-order valence-electron chi connectivity index (χ0n) is 23.3. The Morgan fingerprint density at radius 3 is 1.89 bits per heavy atom. The third kappa shape index (κ3) is 12.1. The lowest BCUT2D eigenvalue weighted by Crippen LogP contribution is -2.39. The van der Waals surface area contributed by atoms with Gasteiger partial charge in [-0.05, 0) is 95.3 Å². The highest BCUT2D eigenvalue weighted by atomic mass is 19.4. The van der Waals surface area contributed by atoms with Gasteiger partial charge in [0.15, 0.2) is 6.10 Å². The highest BCUT2D eigenvalue weighted by molar-refractivity contribution is 5.97. The molecule has 3 aliphatic carbocycles. The third-order valence-electron chi connectivity index (χ3n) is 9.96. The van der Waals surface area contributed by atoms with Gasteiger partial charge in [0, 0.05) is 0 Å². The average Bonchev–Trinajstić information content (AvgIpc) is 3.51. The molecule has 7 nitrogen and oxygen atoms in total. The van der Waals surface area contributed by atoms with E-state index in [9.17, 15) is 32.3 Å². The Morgan fingerprint density at radius 1 is 0.872 bits per heavy atom. The summed E-state index contributed by atoms with van der Waals surface area (Å²) < 4.78 is 55.2. The Hall–Kier alpha value is -2.13. The highest BCUT2D eigenvalue weighted by Gasteiger charge is 2.58. The van der Waals surface area contributed by atoms with E-state index in [-0.39, 0.29) is 90.0 Å². The van der Waals surface area contributed by atoms with Crippen molar-refractivity contribution in [3.8, 4) is 0 Å². The number of ether oxygens (including phenoxy) is 3. The molecule has 0 aromatic carbocycles. The number of fused-ring (bicyclic) bond motifs is 2. The van der Waals surface area contributed by atoms with E-state index in [0.717, 1.165) is 58.3 Å². The van der Waals surface area contributed by atoms with E-state index in [1.165, 1.54) is 0 Å². The molecule has 284 valence electrons. The predicted octanol–water partition coefficient (Wildman–Crippen LogP) is 10.9. The van der Waals surface area contributed by atoms with E-state index < -0.39 is 65.4 Å². The lowest BCUT2D eigenvalue weighted by Gasteiger charge is -2.35. The maximum atomic E-state index is 13.2. The number of esters is 4. The van der Waals surface area contributed by atoms with Crippen molar-refractivity contribution in [2.24, 2.45) is 47.3 Å². The number of hydrogen-bond donors (Lipinski definition) is 0. The number of rotatable bonds is 9. The Kier molecular flexibility index (Phi) is 24.3. The fraction of sp³-hybridized carbons (Fsp3) is 0.892. The lowest BCUT2D eigenvalue weighted by atomic mass is 9.68. The molecular formula is C37H73F3O7. The summed E-state index contributed by atoms with van der Waals surface area (Å²) >= 11 is 0. The smallest absolute Gasteiger partial charge is 0.425 e. The fourth-order valence-electron chi connectivity index (χ4n) is 7.67. The van der Waals surface area contributed by atoms with E-state index >= 15 is 0 Å². The first-order valence-electron chi connectivity index (χ1n) is 14.5. The van der Waals surface area contributed by atoms with Gasteiger partial charge < -0.3 is 14.2 Å². The minimum absolute atomic E-state index is 0. The van der Waals surface area contributed by atoms with Crippen LogP contribution in [0, 0.1) is 47.3 Å². The van der Waals surface area contributed by atoms with Crippen LogP contribution in [0.2, 0.25) is 0 Å². The van der Waals surface area contributed by atoms with Crippen molar-refractivity contribution in [1.82, 2.24) is 0 Å². The first-order valence-corrected chi connectivity index (χ1v) is 14.5. The van der Waals surface area contributed by atoms with Gasteiger partial charge in [-0.1, -0.05) is 79.7 Å². The first-order chi connectivity index (χ1) is 18.2. The lowest BCUT2D eigenvalue weighted by molar-refractivity contribution is -0.219. The third-order valence-corrected chi connectivity index (χ3v) is 9.96. The summed E-state index contributed by atoms with van der Waals surface area (Å²) in [6.45, 7) is 6.25. The predicted molar refractivity (Wildman–Crippen MR) is 186 cm³/mol. The van der Waals surface area contributed by atoms with Crippen molar-refractivity contribution < 1.29 is 46.6 Å². The van der Waals surface area contributed by atoms with Crippen LogP contribution in [0.1, 0.15) is 151 Å². The number of halogens is 3. The van der Waals surface area contributed by atoms with Crippen molar-refractivity contribution in [1.29, 1.82) is 0 Å². The minimum atomic E-state index is -4.76. The van der Waals surface area contributed by atoms with Gasteiger partial charge in [0.2, 0.25) is 0 Å². The molecule has 47 heavy (non-hydrogen) atoms. The second-order valence-electron chi connectivity index (χ2n) is 12.8. The second kappa shape index (κ2) is 21.1. The summed E-state index contributed by atoms with van der Waals surface area (Å²) in [5.74, 6) is -5.95. The molecule has 9 atom stereocenters. The van der Waals surface area contributed by atoms with Gasteiger partial charge in [0.05, 0.1) is 23.7 Å². The van der Waals surface area contributed by atoms with Gasteiger partial charge in [-0.2, -0.15) is 13.2 Å². The molecule has 0 spiro atoms. The van der Waals surface area contributed by atoms with Crippen molar-refractivity contribution in [2.45, 2.75) is 169 Å². The van der Waals surface area contributed by atoms with Gasteiger partial charge in [-0.3, -0.25) is 19.2 Å². The number of alkyl halides is 3. The zero-order valence-corrected chi connectivity index (χ0v) is 23.3. The SMILES string of the molecule is C.C.C.C.C.C.C.C.CC(CC(CC1C(=O)OC(=O)C1C1C2CCC(C2)C1C)C(=O)OC(C)C(F)(F)F)C(=O)OC1(C)CCCCC1. The van der Waals surface area contributed by atoms with Crippen LogP contribution in [0.3, 0.4) is 0 Å². The molecule has 9 unspecified atom stereocenters. The molecule has 1 saturated heterocycles. The number of cyclic esters (lactones) is 2. The van der Waals surface area contributed by atoms with Crippen molar-refractivity contribution >= 4 is 23.9 Å². The average molecular weight is 687 g/mol. The van der Waals surface area contributed by atoms with Crippen LogP contribution in [-0.2, 0) is 33.4 Å². The molecular weight excluding hydrogens is 613 g/mol. The first kappa shape index (κ1) is 54.3. The van der Waals surface area contributed by atoms with Gasteiger partial charge in [-0.25, -0.2) is 0 Å². The molecule has 0 N–H and O–H groups in total. The van der Waals surface area contributed by atoms with Crippen LogP contribution in [0.15, 0.2) is 0 Å². The molecule has 0 aromatic heterocycles.